The Hall–Kier alpha value is -0.580. The van der Waals surface area contributed by atoms with Crippen LogP contribution in [0.15, 0.2) is 28.7 Å². The highest BCUT2D eigenvalue weighted by Gasteiger charge is 2.32. The molecule has 1 aliphatic rings. The van der Waals surface area contributed by atoms with Gasteiger partial charge in [-0.05, 0) is 44.5 Å². The summed E-state index contributed by atoms with van der Waals surface area (Å²) in [6.07, 6.45) is 1.16. The van der Waals surface area contributed by atoms with E-state index in [9.17, 15) is 0 Å². The molecule has 0 bridgehead atoms. The van der Waals surface area contributed by atoms with Gasteiger partial charge in [-0.3, -0.25) is 4.90 Å². The summed E-state index contributed by atoms with van der Waals surface area (Å²) >= 11 is 3.43. The van der Waals surface area contributed by atoms with Crippen molar-refractivity contribution in [2.75, 3.05) is 26.2 Å². The van der Waals surface area contributed by atoms with Gasteiger partial charge in [0.25, 0.3) is 0 Å². The molecule has 0 saturated carbocycles. The lowest BCUT2D eigenvalue weighted by atomic mass is 9.94. The number of halogens is 1. The standard InChI is InChI=1S/C16H25BrN2O/c1-4-16(3)12-19(13(2)11-18-16)9-10-20-15-7-5-14(17)6-8-15/h5-8,13,18H,4,9-12H2,1-3H3. The van der Waals surface area contributed by atoms with Crippen LogP contribution in [0.4, 0.5) is 0 Å². The molecule has 1 aliphatic heterocycles. The predicted octanol–water partition coefficient (Wildman–Crippen LogP) is 3.29. The monoisotopic (exact) mass is 340 g/mol. The second kappa shape index (κ2) is 6.92. The van der Waals surface area contributed by atoms with E-state index in [1.165, 1.54) is 0 Å². The summed E-state index contributed by atoms with van der Waals surface area (Å²) in [6.45, 7) is 10.7. The zero-order chi connectivity index (χ0) is 14.6. The zero-order valence-electron chi connectivity index (χ0n) is 12.7. The fourth-order valence-electron chi connectivity index (χ4n) is 2.53. The second-order valence-electron chi connectivity index (χ2n) is 5.92. The highest BCUT2D eigenvalue weighted by Crippen LogP contribution is 2.19. The Morgan fingerprint density at radius 2 is 2.10 bits per heavy atom. The second-order valence-corrected chi connectivity index (χ2v) is 6.83. The molecule has 2 rings (SSSR count). The van der Waals surface area contributed by atoms with Gasteiger partial charge in [0.05, 0.1) is 0 Å². The van der Waals surface area contributed by atoms with Gasteiger partial charge in [0, 0.05) is 35.7 Å². The van der Waals surface area contributed by atoms with E-state index >= 15 is 0 Å². The number of piperazine rings is 1. The first kappa shape index (κ1) is 15.8. The van der Waals surface area contributed by atoms with Crippen molar-refractivity contribution < 1.29 is 4.74 Å². The molecule has 1 saturated heterocycles. The van der Waals surface area contributed by atoms with E-state index in [-0.39, 0.29) is 5.54 Å². The lowest BCUT2D eigenvalue weighted by Gasteiger charge is -2.44. The van der Waals surface area contributed by atoms with Crippen molar-refractivity contribution >= 4 is 15.9 Å². The largest absolute Gasteiger partial charge is 0.492 e. The average molecular weight is 341 g/mol. The van der Waals surface area contributed by atoms with Crippen molar-refractivity contribution in [1.82, 2.24) is 10.2 Å². The Labute approximate surface area is 130 Å². The molecule has 3 nitrogen and oxygen atoms in total. The molecule has 112 valence electrons. The first-order valence-corrected chi connectivity index (χ1v) is 8.19. The van der Waals surface area contributed by atoms with Crippen LogP contribution in [0.25, 0.3) is 0 Å². The van der Waals surface area contributed by atoms with Gasteiger partial charge in [0.2, 0.25) is 0 Å². The number of hydrogen-bond donors (Lipinski definition) is 1. The first-order chi connectivity index (χ1) is 9.52. The Kier molecular flexibility index (Phi) is 5.47. The number of nitrogens with one attached hydrogen (secondary N) is 1. The normalized spacial score (nSPS) is 27.5. The zero-order valence-corrected chi connectivity index (χ0v) is 14.2. The molecule has 20 heavy (non-hydrogen) atoms. The van der Waals surface area contributed by atoms with E-state index in [0.717, 1.165) is 42.9 Å². The highest BCUT2D eigenvalue weighted by atomic mass is 79.9. The molecule has 0 aromatic heterocycles. The summed E-state index contributed by atoms with van der Waals surface area (Å²) in [7, 11) is 0. The van der Waals surface area contributed by atoms with Crippen LogP contribution in [0.2, 0.25) is 0 Å². The average Bonchev–Trinajstić information content (AvgIpc) is 2.45. The van der Waals surface area contributed by atoms with Crippen LogP contribution in [0.3, 0.4) is 0 Å². The summed E-state index contributed by atoms with van der Waals surface area (Å²) in [4.78, 5) is 2.53. The van der Waals surface area contributed by atoms with Gasteiger partial charge in [-0.25, -0.2) is 0 Å². The molecule has 0 spiro atoms. The van der Waals surface area contributed by atoms with E-state index in [1.807, 2.05) is 24.3 Å². The highest BCUT2D eigenvalue weighted by molar-refractivity contribution is 9.10. The molecule has 1 fully saturated rings. The van der Waals surface area contributed by atoms with Crippen LogP contribution < -0.4 is 10.1 Å². The van der Waals surface area contributed by atoms with Crippen LogP contribution in [-0.2, 0) is 0 Å². The van der Waals surface area contributed by atoms with Crippen LogP contribution in [0.5, 0.6) is 5.75 Å². The minimum absolute atomic E-state index is 0.240. The third-order valence-corrected chi connectivity index (χ3v) is 4.77. The van der Waals surface area contributed by atoms with Gasteiger partial charge in [0.1, 0.15) is 12.4 Å². The van der Waals surface area contributed by atoms with E-state index < -0.39 is 0 Å². The van der Waals surface area contributed by atoms with Crippen molar-refractivity contribution in [2.24, 2.45) is 0 Å². The van der Waals surface area contributed by atoms with Crippen molar-refractivity contribution in [2.45, 2.75) is 38.8 Å². The van der Waals surface area contributed by atoms with E-state index in [1.54, 1.807) is 0 Å². The lowest BCUT2D eigenvalue weighted by Crippen LogP contribution is -2.62. The molecule has 4 heteroatoms. The molecule has 1 aromatic carbocycles. The van der Waals surface area contributed by atoms with E-state index in [4.69, 9.17) is 4.74 Å². The molecule has 2 unspecified atom stereocenters. The minimum Gasteiger partial charge on any atom is -0.492 e. The van der Waals surface area contributed by atoms with Crippen molar-refractivity contribution in [3.05, 3.63) is 28.7 Å². The Balaban J connectivity index is 1.81. The maximum absolute atomic E-state index is 5.83. The van der Waals surface area contributed by atoms with Gasteiger partial charge in [0.15, 0.2) is 0 Å². The number of ether oxygens (including phenoxy) is 1. The lowest BCUT2D eigenvalue weighted by molar-refractivity contribution is 0.0791. The fourth-order valence-corrected chi connectivity index (χ4v) is 2.80. The van der Waals surface area contributed by atoms with Crippen molar-refractivity contribution in [3.8, 4) is 5.75 Å². The Morgan fingerprint density at radius 3 is 2.75 bits per heavy atom. The maximum atomic E-state index is 5.83. The Morgan fingerprint density at radius 1 is 1.40 bits per heavy atom. The van der Waals surface area contributed by atoms with Crippen LogP contribution in [0, 0.1) is 0 Å². The third kappa shape index (κ3) is 4.21. The number of rotatable bonds is 5. The molecular formula is C16H25BrN2O. The molecule has 0 amide bonds. The summed E-state index contributed by atoms with van der Waals surface area (Å²) in [5.74, 6) is 0.939. The summed E-state index contributed by atoms with van der Waals surface area (Å²) in [6, 6.07) is 8.60. The van der Waals surface area contributed by atoms with Gasteiger partial charge in [-0.2, -0.15) is 0 Å². The molecule has 0 radical (unpaired) electrons. The van der Waals surface area contributed by atoms with Crippen LogP contribution in [-0.4, -0.2) is 42.7 Å². The SMILES string of the molecule is CCC1(C)CN(CCOc2ccc(Br)cc2)C(C)CN1. The smallest absolute Gasteiger partial charge is 0.119 e. The van der Waals surface area contributed by atoms with Gasteiger partial charge in [-0.1, -0.05) is 22.9 Å². The predicted molar refractivity (Wildman–Crippen MR) is 87.4 cm³/mol. The van der Waals surface area contributed by atoms with Gasteiger partial charge in [-0.15, -0.1) is 0 Å². The Bertz CT molecular complexity index is 423. The third-order valence-electron chi connectivity index (χ3n) is 4.24. The molecule has 1 heterocycles. The summed E-state index contributed by atoms with van der Waals surface area (Å²) in [5, 5.41) is 3.65. The van der Waals surface area contributed by atoms with Gasteiger partial charge < -0.3 is 10.1 Å². The topological polar surface area (TPSA) is 24.5 Å². The van der Waals surface area contributed by atoms with Crippen LogP contribution in [0.1, 0.15) is 27.2 Å². The summed E-state index contributed by atoms with van der Waals surface area (Å²) < 4.78 is 6.91. The summed E-state index contributed by atoms with van der Waals surface area (Å²) in [5.41, 5.74) is 0.240. The number of benzene rings is 1. The molecule has 0 aliphatic carbocycles. The van der Waals surface area contributed by atoms with Crippen LogP contribution >= 0.6 is 15.9 Å². The fraction of sp³-hybridized carbons (Fsp3) is 0.625. The number of nitrogens with zero attached hydrogens (tertiary/aromatic N) is 1. The van der Waals surface area contributed by atoms with E-state index in [2.05, 4.69) is 46.9 Å². The minimum atomic E-state index is 0.240. The van der Waals surface area contributed by atoms with E-state index in [0.29, 0.717) is 6.04 Å². The first-order valence-electron chi connectivity index (χ1n) is 7.40. The van der Waals surface area contributed by atoms with Gasteiger partial charge >= 0.3 is 0 Å². The molecule has 1 aromatic rings. The molecule has 2 atom stereocenters. The quantitative estimate of drug-likeness (QED) is 0.889. The molecule has 1 N–H and O–H groups in total. The number of hydrogen-bond acceptors (Lipinski definition) is 3. The van der Waals surface area contributed by atoms with Crippen molar-refractivity contribution in [1.29, 1.82) is 0 Å². The van der Waals surface area contributed by atoms with Crippen molar-refractivity contribution in [3.63, 3.8) is 0 Å². The molecular weight excluding hydrogens is 316 g/mol. The maximum Gasteiger partial charge on any atom is 0.119 e.